The number of fused-ring (bicyclic) bond motifs is 5. The van der Waals surface area contributed by atoms with Gasteiger partial charge in [0.25, 0.3) is 0 Å². The lowest BCUT2D eigenvalue weighted by atomic mass is 9.99. The number of rotatable bonds is 3. The highest BCUT2D eigenvalue weighted by Crippen LogP contribution is 2.31. The van der Waals surface area contributed by atoms with Crippen LogP contribution in [0.15, 0.2) is 30.3 Å². The molecule has 172 valence electrons. The topological polar surface area (TPSA) is 101 Å². The Morgan fingerprint density at radius 3 is 2.84 bits per heavy atom. The lowest BCUT2D eigenvalue weighted by Gasteiger charge is -2.28. The number of halogens is 2. The van der Waals surface area contributed by atoms with Crippen LogP contribution in [0, 0.1) is 12.7 Å². The number of pyridine rings is 1. The summed E-state index contributed by atoms with van der Waals surface area (Å²) in [5, 5.41) is 2.69. The van der Waals surface area contributed by atoms with Gasteiger partial charge in [-0.05, 0) is 38.0 Å². The van der Waals surface area contributed by atoms with Gasteiger partial charge in [-0.25, -0.2) is 31.7 Å². The zero-order valence-electron chi connectivity index (χ0n) is 17.6. The molecule has 2 amide bonds. The highest BCUT2D eigenvalue weighted by atomic mass is 32.2. The summed E-state index contributed by atoms with van der Waals surface area (Å²) >= 11 is 0. The first-order chi connectivity index (χ1) is 15.2. The fraction of sp³-hybridized carbons (Fsp3) is 0.429. The maximum Gasteiger partial charge on any atom is 0.318 e. The van der Waals surface area contributed by atoms with Crippen LogP contribution >= 0.6 is 0 Å². The Labute approximate surface area is 185 Å². The Hall–Kier alpha value is -2.79. The van der Waals surface area contributed by atoms with E-state index >= 15 is 4.39 Å². The van der Waals surface area contributed by atoms with E-state index in [2.05, 4.69) is 15.0 Å². The van der Waals surface area contributed by atoms with Crippen molar-refractivity contribution in [2.24, 2.45) is 0 Å². The molecule has 0 saturated carbocycles. The fourth-order valence-electron chi connectivity index (χ4n) is 3.93. The van der Waals surface area contributed by atoms with Crippen LogP contribution in [0.5, 0.6) is 11.6 Å². The molecule has 4 bridgehead atoms. The summed E-state index contributed by atoms with van der Waals surface area (Å²) in [6.07, 6.45) is -1.75. The number of nitrogens with one attached hydrogen (secondary N) is 2. The molecule has 1 fully saturated rings. The van der Waals surface area contributed by atoms with Gasteiger partial charge in [0.05, 0.1) is 36.6 Å². The maximum atomic E-state index is 15.3. The Balaban J connectivity index is 1.78. The third-order valence-corrected chi connectivity index (χ3v) is 7.13. The smallest absolute Gasteiger partial charge is 0.318 e. The zero-order chi connectivity index (χ0) is 23.0. The van der Waals surface area contributed by atoms with Crippen LogP contribution in [-0.2, 0) is 23.0 Å². The highest BCUT2D eigenvalue weighted by molar-refractivity contribution is 7.89. The van der Waals surface area contributed by atoms with Crippen LogP contribution < -0.4 is 14.8 Å². The highest BCUT2D eigenvalue weighted by Gasteiger charge is 2.46. The van der Waals surface area contributed by atoms with Gasteiger partial charge in [-0.3, -0.25) is 0 Å². The van der Waals surface area contributed by atoms with Crippen LogP contribution in [0.2, 0.25) is 0 Å². The van der Waals surface area contributed by atoms with Gasteiger partial charge in [0.1, 0.15) is 6.17 Å². The van der Waals surface area contributed by atoms with E-state index in [-0.39, 0.29) is 42.5 Å². The number of urea groups is 1. The van der Waals surface area contributed by atoms with Gasteiger partial charge in [0, 0.05) is 5.56 Å². The number of ether oxygens (including phenoxy) is 1. The standard InChI is InChI=1S/C21H24F2N4O4S/c1-3-32(29,30)26-19-15(22)11-27-16(19)9-13-5-4-6-17(18(13)23)31-20-12(2)7-8-14(25-20)10-24-21(27)28/h4-8,15-16,19,26H,3,9-11H2,1-2H3,(H,24,28)/t15-,16-,19-/m0/s1. The minimum atomic E-state index is -3.76. The van der Waals surface area contributed by atoms with E-state index in [0.29, 0.717) is 11.3 Å². The molecule has 3 atom stereocenters. The number of hydrogen-bond donors (Lipinski definition) is 2. The molecule has 3 heterocycles. The van der Waals surface area contributed by atoms with Crippen LogP contribution in [-0.4, -0.2) is 54.9 Å². The number of benzene rings is 1. The van der Waals surface area contributed by atoms with Crippen molar-refractivity contribution in [3.8, 4) is 11.6 Å². The number of sulfonamides is 1. The Morgan fingerprint density at radius 1 is 1.31 bits per heavy atom. The summed E-state index contributed by atoms with van der Waals surface area (Å²) in [6.45, 7) is 2.92. The molecule has 1 aromatic carbocycles. The lowest BCUT2D eigenvalue weighted by molar-refractivity contribution is 0.187. The molecule has 0 aliphatic carbocycles. The van der Waals surface area contributed by atoms with Crippen LogP contribution in [0.1, 0.15) is 23.7 Å². The van der Waals surface area contributed by atoms with E-state index in [1.54, 1.807) is 25.1 Å². The number of carbonyl (C=O) groups excluding carboxylic acids is 1. The van der Waals surface area contributed by atoms with Crippen LogP contribution in [0.4, 0.5) is 13.6 Å². The van der Waals surface area contributed by atoms with Crippen molar-refractivity contribution in [1.82, 2.24) is 19.9 Å². The van der Waals surface area contributed by atoms with Crippen molar-refractivity contribution < 1.29 is 26.7 Å². The first-order valence-corrected chi connectivity index (χ1v) is 11.9. The van der Waals surface area contributed by atoms with Gasteiger partial charge >= 0.3 is 6.03 Å². The SMILES string of the molecule is CCS(=O)(=O)N[C@H]1[C@@H](F)CN2C(=O)NCc3ccc(C)c(n3)Oc3cccc(c3F)C[C@@H]12. The number of alkyl halides is 1. The monoisotopic (exact) mass is 466 g/mol. The molecular formula is C21H24F2N4O4S. The first-order valence-electron chi connectivity index (χ1n) is 10.3. The summed E-state index contributed by atoms with van der Waals surface area (Å²) in [7, 11) is -3.76. The lowest BCUT2D eigenvalue weighted by Crippen LogP contribution is -2.51. The van der Waals surface area contributed by atoms with Crippen molar-refractivity contribution in [2.45, 2.75) is 45.1 Å². The molecule has 8 nitrogen and oxygen atoms in total. The van der Waals surface area contributed by atoms with Gasteiger partial charge < -0.3 is 15.0 Å². The Morgan fingerprint density at radius 2 is 2.09 bits per heavy atom. The van der Waals surface area contributed by atoms with Crippen molar-refractivity contribution in [3.63, 3.8) is 0 Å². The molecule has 0 radical (unpaired) electrons. The van der Waals surface area contributed by atoms with E-state index in [4.69, 9.17) is 4.74 Å². The number of aryl methyl sites for hydroxylation is 1. The van der Waals surface area contributed by atoms with Gasteiger partial charge in [-0.1, -0.05) is 18.2 Å². The van der Waals surface area contributed by atoms with E-state index in [0.717, 1.165) is 0 Å². The molecule has 1 aromatic heterocycles. The number of nitrogens with zero attached hydrogens (tertiary/aromatic N) is 2. The average Bonchev–Trinajstić information content (AvgIpc) is 3.05. The third kappa shape index (κ3) is 4.40. The van der Waals surface area contributed by atoms with E-state index < -0.39 is 40.1 Å². The molecule has 0 spiro atoms. The molecule has 2 N–H and O–H groups in total. The van der Waals surface area contributed by atoms with Crippen molar-refractivity contribution >= 4 is 16.1 Å². The molecule has 32 heavy (non-hydrogen) atoms. The van der Waals surface area contributed by atoms with E-state index in [1.807, 2.05) is 0 Å². The molecule has 11 heteroatoms. The second-order valence-corrected chi connectivity index (χ2v) is 9.94. The molecule has 1 saturated heterocycles. The Bertz CT molecular complexity index is 1140. The molecular weight excluding hydrogens is 442 g/mol. The van der Waals surface area contributed by atoms with Gasteiger partial charge in [-0.15, -0.1) is 0 Å². The summed E-state index contributed by atoms with van der Waals surface area (Å²) < 4.78 is 62.6. The van der Waals surface area contributed by atoms with Gasteiger partial charge in [0.15, 0.2) is 11.6 Å². The number of aromatic nitrogens is 1. The summed E-state index contributed by atoms with van der Waals surface area (Å²) in [4.78, 5) is 18.5. The minimum Gasteiger partial charge on any atom is -0.436 e. The third-order valence-electron chi connectivity index (χ3n) is 5.74. The Kier molecular flexibility index (Phi) is 6.04. The van der Waals surface area contributed by atoms with Crippen LogP contribution in [0.3, 0.4) is 0 Å². The summed E-state index contributed by atoms with van der Waals surface area (Å²) in [5.74, 6) is -0.753. The zero-order valence-corrected chi connectivity index (χ0v) is 18.5. The predicted octanol–water partition coefficient (Wildman–Crippen LogP) is 2.42. The number of carbonyl (C=O) groups is 1. The van der Waals surface area contributed by atoms with E-state index in [9.17, 15) is 17.6 Å². The summed E-state index contributed by atoms with van der Waals surface area (Å²) in [5.41, 5.74) is 1.34. The minimum absolute atomic E-state index is 0.0427. The number of hydrogen-bond acceptors (Lipinski definition) is 5. The maximum absolute atomic E-state index is 15.3. The average molecular weight is 467 g/mol. The molecule has 2 aromatic rings. The molecule has 2 aliphatic rings. The van der Waals surface area contributed by atoms with Gasteiger partial charge in [-0.2, -0.15) is 0 Å². The van der Waals surface area contributed by atoms with Crippen molar-refractivity contribution in [3.05, 3.63) is 53.0 Å². The summed E-state index contributed by atoms with van der Waals surface area (Å²) in [6, 6.07) is 5.27. The second kappa shape index (κ2) is 8.62. The first kappa shape index (κ1) is 22.4. The van der Waals surface area contributed by atoms with Crippen molar-refractivity contribution in [2.75, 3.05) is 12.3 Å². The predicted molar refractivity (Wildman–Crippen MR) is 113 cm³/mol. The number of amides is 2. The van der Waals surface area contributed by atoms with E-state index in [1.165, 1.54) is 24.0 Å². The quantitative estimate of drug-likeness (QED) is 0.724. The largest absolute Gasteiger partial charge is 0.436 e. The fourth-order valence-corrected chi connectivity index (χ4v) is 4.81. The van der Waals surface area contributed by atoms with Crippen LogP contribution in [0.25, 0.3) is 0 Å². The molecule has 2 aliphatic heterocycles. The molecule has 0 unspecified atom stereocenters. The van der Waals surface area contributed by atoms with Crippen molar-refractivity contribution in [1.29, 1.82) is 0 Å². The van der Waals surface area contributed by atoms with Gasteiger partial charge in [0.2, 0.25) is 15.9 Å². The normalized spacial score (nSPS) is 23.3. The molecule has 4 rings (SSSR count). The second-order valence-electron chi connectivity index (χ2n) is 7.90.